The molecule has 3 aromatic rings. The van der Waals surface area contributed by atoms with Crippen LogP contribution in [0.2, 0.25) is 5.02 Å². The molecule has 0 aliphatic heterocycles. The highest BCUT2D eigenvalue weighted by Gasteiger charge is 2.14. The van der Waals surface area contributed by atoms with Crippen LogP contribution in [0.5, 0.6) is 0 Å². The molecule has 21 heavy (non-hydrogen) atoms. The van der Waals surface area contributed by atoms with Gasteiger partial charge in [-0.2, -0.15) is 5.10 Å². The van der Waals surface area contributed by atoms with Crippen LogP contribution in [-0.4, -0.2) is 15.1 Å². The minimum Gasteiger partial charge on any atom is -0.277 e. The summed E-state index contributed by atoms with van der Waals surface area (Å²) in [6, 6.07) is 12.3. The zero-order valence-corrected chi connectivity index (χ0v) is 11.5. The van der Waals surface area contributed by atoms with Crippen molar-refractivity contribution in [2.45, 2.75) is 0 Å². The van der Waals surface area contributed by atoms with E-state index >= 15 is 0 Å². The average Bonchev–Trinajstić information content (AvgIpc) is 2.89. The van der Waals surface area contributed by atoms with E-state index in [1.165, 1.54) is 6.07 Å². The first kappa shape index (κ1) is 13.3. The molecule has 0 aliphatic rings. The molecule has 3 rings (SSSR count). The van der Waals surface area contributed by atoms with Crippen molar-refractivity contribution < 1.29 is 4.92 Å². The number of nitrogens with one attached hydrogen (secondary N) is 1. The molecule has 6 heteroatoms. The van der Waals surface area contributed by atoms with Crippen LogP contribution < -0.4 is 0 Å². The van der Waals surface area contributed by atoms with Gasteiger partial charge in [0.25, 0.3) is 5.69 Å². The predicted molar refractivity (Wildman–Crippen MR) is 83.1 cm³/mol. The number of nitrogens with zero attached hydrogens (tertiary/aromatic N) is 2. The number of para-hydroxylation sites is 1. The maximum absolute atomic E-state index is 11.0. The molecule has 0 radical (unpaired) electrons. The lowest BCUT2D eigenvalue weighted by atomic mass is 10.1. The minimum atomic E-state index is -0.450. The maximum Gasteiger partial charge on any atom is 0.278 e. The van der Waals surface area contributed by atoms with Gasteiger partial charge in [0.05, 0.1) is 26.7 Å². The minimum absolute atomic E-state index is 0.0291. The molecule has 5 nitrogen and oxygen atoms in total. The number of hydrogen-bond donors (Lipinski definition) is 1. The summed E-state index contributed by atoms with van der Waals surface area (Å²) >= 11 is 6.05. The number of nitro groups is 1. The van der Waals surface area contributed by atoms with E-state index in [0.29, 0.717) is 16.3 Å². The number of aromatic amines is 1. The van der Waals surface area contributed by atoms with E-state index in [-0.39, 0.29) is 5.69 Å². The standard InChI is InChI=1S/C15H10ClN3O2/c16-12-5-3-7-15(19(20)21)10(12)8-9-14-11-4-1-2-6-13(11)17-18-14/h1-9H,(H,17,18). The van der Waals surface area contributed by atoms with Gasteiger partial charge in [0.2, 0.25) is 0 Å². The van der Waals surface area contributed by atoms with Crippen molar-refractivity contribution in [2.24, 2.45) is 0 Å². The number of hydrogen-bond acceptors (Lipinski definition) is 3. The molecule has 0 bridgehead atoms. The van der Waals surface area contributed by atoms with E-state index in [2.05, 4.69) is 10.2 Å². The Bertz CT molecular complexity index is 855. The van der Waals surface area contributed by atoms with Crippen LogP contribution in [0, 0.1) is 10.1 Å². The fourth-order valence-electron chi connectivity index (χ4n) is 2.12. The monoisotopic (exact) mass is 299 g/mol. The Hall–Kier alpha value is -2.66. The zero-order chi connectivity index (χ0) is 14.8. The highest BCUT2D eigenvalue weighted by Crippen LogP contribution is 2.28. The zero-order valence-electron chi connectivity index (χ0n) is 10.8. The van der Waals surface area contributed by atoms with E-state index < -0.39 is 4.92 Å². The van der Waals surface area contributed by atoms with Crippen molar-refractivity contribution in [1.29, 1.82) is 0 Å². The van der Waals surface area contributed by atoms with Gasteiger partial charge in [-0.05, 0) is 24.3 Å². The van der Waals surface area contributed by atoms with Crippen LogP contribution in [-0.2, 0) is 0 Å². The summed E-state index contributed by atoms with van der Waals surface area (Å²) in [5.41, 5.74) is 1.96. The number of fused-ring (bicyclic) bond motifs is 1. The molecule has 0 spiro atoms. The number of benzene rings is 2. The summed E-state index contributed by atoms with van der Waals surface area (Å²) < 4.78 is 0. The first-order valence-electron chi connectivity index (χ1n) is 6.21. The third kappa shape index (κ3) is 2.51. The van der Waals surface area contributed by atoms with Crippen LogP contribution in [0.1, 0.15) is 11.3 Å². The second-order valence-corrected chi connectivity index (χ2v) is 4.82. The molecule has 2 aromatic carbocycles. The normalized spacial score (nSPS) is 11.3. The highest BCUT2D eigenvalue weighted by atomic mass is 35.5. The van der Waals surface area contributed by atoms with E-state index in [1.807, 2.05) is 24.3 Å². The molecule has 0 fully saturated rings. The van der Waals surface area contributed by atoms with Gasteiger partial charge in [0.1, 0.15) is 0 Å². The quantitative estimate of drug-likeness (QED) is 0.579. The summed E-state index contributed by atoms with van der Waals surface area (Å²) in [6.45, 7) is 0. The molecule has 0 saturated heterocycles. The summed E-state index contributed by atoms with van der Waals surface area (Å²) in [4.78, 5) is 10.6. The Balaban J connectivity index is 2.06. The first-order valence-corrected chi connectivity index (χ1v) is 6.58. The summed E-state index contributed by atoms with van der Waals surface area (Å²) in [6.07, 6.45) is 3.33. The fraction of sp³-hybridized carbons (Fsp3) is 0. The number of halogens is 1. The molecule has 0 atom stereocenters. The van der Waals surface area contributed by atoms with Crippen LogP contribution in [0.15, 0.2) is 42.5 Å². The Morgan fingerprint density at radius 3 is 2.76 bits per heavy atom. The number of rotatable bonds is 3. The Kier molecular flexibility index (Phi) is 3.41. The summed E-state index contributed by atoms with van der Waals surface area (Å²) in [5.74, 6) is 0. The molecule has 1 heterocycles. The lowest BCUT2D eigenvalue weighted by Gasteiger charge is -1.99. The maximum atomic E-state index is 11.0. The van der Waals surface area contributed by atoms with Crippen LogP contribution >= 0.6 is 11.6 Å². The van der Waals surface area contributed by atoms with E-state index in [9.17, 15) is 10.1 Å². The Labute approximate surface area is 125 Å². The van der Waals surface area contributed by atoms with Crippen LogP contribution in [0.3, 0.4) is 0 Å². The second-order valence-electron chi connectivity index (χ2n) is 4.42. The van der Waals surface area contributed by atoms with Gasteiger partial charge >= 0.3 is 0 Å². The Morgan fingerprint density at radius 2 is 1.95 bits per heavy atom. The average molecular weight is 300 g/mol. The molecule has 1 aromatic heterocycles. The van der Waals surface area contributed by atoms with Crippen molar-refractivity contribution in [3.8, 4) is 0 Å². The SMILES string of the molecule is O=[N+]([O-])c1cccc(Cl)c1C=Cc1n[nH]c2ccccc12. The van der Waals surface area contributed by atoms with Gasteiger partial charge in [-0.15, -0.1) is 0 Å². The third-order valence-corrected chi connectivity index (χ3v) is 3.46. The molecule has 0 saturated carbocycles. The van der Waals surface area contributed by atoms with E-state index in [0.717, 1.165) is 10.9 Å². The van der Waals surface area contributed by atoms with E-state index in [4.69, 9.17) is 11.6 Å². The summed E-state index contributed by atoms with van der Waals surface area (Å²) in [5, 5.41) is 19.4. The number of nitro benzene ring substituents is 1. The molecular formula is C15H10ClN3O2. The largest absolute Gasteiger partial charge is 0.278 e. The van der Waals surface area contributed by atoms with Crippen molar-refractivity contribution in [3.05, 3.63) is 68.9 Å². The summed E-state index contributed by atoms with van der Waals surface area (Å²) in [7, 11) is 0. The number of aromatic nitrogens is 2. The van der Waals surface area contributed by atoms with Crippen molar-refractivity contribution in [2.75, 3.05) is 0 Å². The van der Waals surface area contributed by atoms with Gasteiger partial charge in [0.15, 0.2) is 0 Å². The smallest absolute Gasteiger partial charge is 0.277 e. The van der Waals surface area contributed by atoms with Gasteiger partial charge in [-0.25, -0.2) is 0 Å². The van der Waals surface area contributed by atoms with Crippen molar-refractivity contribution >= 4 is 40.3 Å². The molecular weight excluding hydrogens is 290 g/mol. The number of H-pyrrole nitrogens is 1. The van der Waals surface area contributed by atoms with Gasteiger partial charge in [0, 0.05) is 11.5 Å². The first-order chi connectivity index (χ1) is 10.2. The van der Waals surface area contributed by atoms with Crippen molar-refractivity contribution in [1.82, 2.24) is 10.2 Å². The van der Waals surface area contributed by atoms with Crippen LogP contribution in [0.4, 0.5) is 5.69 Å². The molecule has 0 amide bonds. The van der Waals surface area contributed by atoms with Crippen molar-refractivity contribution in [3.63, 3.8) is 0 Å². The molecule has 1 N–H and O–H groups in total. The molecule has 104 valence electrons. The lowest BCUT2D eigenvalue weighted by Crippen LogP contribution is -1.91. The van der Waals surface area contributed by atoms with Gasteiger partial charge in [-0.1, -0.05) is 35.9 Å². The third-order valence-electron chi connectivity index (χ3n) is 3.13. The van der Waals surface area contributed by atoms with Gasteiger partial charge in [-0.3, -0.25) is 15.2 Å². The predicted octanol–water partition coefficient (Wildman–Crippen LogP) is 4.29. The molecule has 0 unspecified atom stereocenters. The van der Waals surface area contributed by atoms with Crippen LogP contribution in [0.25, 0.3) is 23.1 Å². The topological polar surface area (TPSA) is 71.8 Å². The molecule has 0 aliphatic carbocycles. The Morgan fingerprint density at radius 1 is 1.14 bits per heavy atom. The van der Waals surface area contributed by atoms with Gasteiger partial charge < -0.3 is 0 Å². The lowest BCUT2D eigenvalue weighted by molar-refractivity contribution is -0.385. The van der Waals surface area contributed by atoms with E-state index in [1.54, 1.807) is 24.3 Å². The fourth-order valence-corrected chi connectivity index (χ4v) is 2.36. The second kappa shape index (κ2) is 5.38. The highest BCUT2D eigenvalue weighted by molar-refractivity contribution is 6.32.